The van der Waals surface area contributed by atoms with Crippen LogP contribution in [0.1, 0.15) is 84.5 Å². The summed E-state index contributed by atoms with van der Waals surface area (Å²) < 4.78 is 0. The molecule has 0 bridgehead atoms. The molecule has 0 spiro atoms. The lowest BCUT2D eigenvalue weighted by Crippen LogP contribution is -2.28. The average molecular weight is 280 g/mol. The standard InChI is InChI=1S/C18H32O2/c1-15(2)11-10-14-18(16(3)17(19)20)12-8-6-4-5-7-9-13-18/h15H,3-14H2,1-2H3,(H,19,20). The van der Waals surface area contributed by atoms with Gasteiger partial charge in [0.05, 0.1) is 0 Å². The van der Waals surface area contributed by atoms with E-state index >= 15 is 0 Å². The highest BCUT2D eigenvalue weighted by atomic mass is 16.4. The number of rotatable bonds is 6. The van der Waals surface area contributed by atoms with Gasteiger partial charge in [-0.3, -0.25) is 0 Å². The van der Waals surface area contributed by atoms with Crippen molar-refractivity contribution in [1.82, 2.24) is 0 Å². The van der Waals surface area contributed by atoms with E-state index in [4.69, 9.17) is 0 Å². The molecule has 0 aromatic rings. The van der Waals surface area contributed by atoms with Crippen molar-refractivity contribution >= 4 is 5.97 Å². The SMILES string of the molecule is C=C(C(=O)O)C1(CCCC(C)C)CCCCCCCC1. The van der Waals surface area contributed by atoms with Crippen LogP contribution >= 0.6 is 0 Å². The Morgan fingerprint density at radius 3 is 2.05 bits per heavy atom. The second-order valence-corrected chi connectivity index (χ2v) is 6.97. The van der Waals surface area contributed by atoms with Crippen LogP contribution in [0, 0.1) is 11.3 Å². The van der Waals surface area contributed by atoms with Crippen LogP contribution in [0.25, 0.3) is 0 Å². The van der Waals surface area contributed by atoms with Crippen molar-refractivity contribution in [3.8, 4) is 0 Å². The zero-order valence-corrected chi connectivity index (χ0v) is 13.4. The number of carbonyl (C=O) groups is 1. The van der Waals surface area contributed by atoms with Crippen LogP contribution in [0.5, 0.6) is 0 Å². The second-order valence-electron chi connectivity index (χ2n) is 6.97. The molecule has 0 atom stereocenters. The van der Waals surface area contributed by atoms with Gasteiger partial charge in [-0.1, -0.05) is 71.8 Å². The van der Waals surface area contributed by atoms with E-state index in [1.807, 2.05) is 0 Å². The monoisotopic (exact) mass is 280 g/mol. The first kappa shape index (κ1) is 17.3. The largest absolute Gasteiger partial charge is 0.478 e. The molecule has 0 aromatic heterocycles. The molecule has 116 valence electrons. The van der Waals surface area contributed by atoms with Crippen LogP contribution in [0.2, 0.25) is 0 Å². The highest BCUT2D eigenvalue weighted by Crippen LogP contribution is 2.44. The first-order valence-corrected chi connectivity index (χ1v) is 8.40. The molecule has 0 amide bonds. The lowest BCUT2D eigenvalue weighted by Gasteiger charge is -2.34. The van der Waals surface area contributed by atoms with E-state index in [1.165, 1.54) is 32.1 Å². The van der Waals surface area contributed by atoms with Gasteiger partial charge in [-0.2, -0.15) is 0 Å². The van der Waals surface area contributed by atoms with Crippen molar-refractivity contribution in [3.05, 3.63) is 12.2 Å². The molecule has 1 saturated carbocycles. The van der Waals surface area contributed by atoms with Crippen LogP contribution in [0.15, 0.2) is 12.2 Å². The lowest BCUT2D eigenvalue weighted by atomic mass is 9.69. The highest BCUT2D eigenvalue weighted by Gasteiger charge is 2.35. The second kappa shape index (κ2) is 8.49. The third-order valence-corrected chi connectivity index (χ3v) is 4.90. The smallest absolute Gasteiger partial charge is 0.331 e. The Morgan fingerprint density at radius 2 is 1.60 bits per heavy atom. The molecule has 0 radical (unpaired) electrons. The van der Waals surface area contributed by atoms with E-state index in [0.717, 1.165) is 38.5 Å². The van der Waals surface area contributed by atoms with E-state index in [9.17, 15) is 9.90 Å². The van der Waals surface area contributed by atoms with Crippen LogP contribution < -0.4 is 0 Å². The highest BCUT2D eigenvalue weighted by molar-refractivity contribution is 5.87. The Kier molecular flexibility index (Phi) is 7.32. The summed E-state index contributed by atoms with van der Waals surface area (Å²) in [5.74, 6) is -0.0877. The average Bonchev–Trinajstić information content (AvgIpc) is 2.50. The molecule has 0 unspecified atom stereocenters. The molecule has 1 aliphatic rings. The van der Waals surface area contributed by atoms with Crippen LogP contribution in [-0.2, 0) is 4.79 Å². The molecule has 1 fully saturated rings. The van der Waals surface area contributed by atoms with Crippen molar-refractivity contribution in [2.24, 2.45) is 11.3 Å². The third kappa shape index (κ3) is 5.30. The minimum absolute atomic E-state index is 0.134. The quantitative estimate of drug-likeness (QED) is 0.645. The number of hydrogen-bond donors (Lipinski definition) is 1. The molecule has 2 nitrogen and oxygen atoms in total. The Bertz CT molecular complexity index is 307. The molecule has 1 rings (SSSR count). The van der Waals surface area contributed by atoms with Crippen molar-refractivity contribution in [2.75, 3.05) is 0 Å². The Labute approximate surface area is 124 Å². The fourth-order valence-corrected chi connectivity index (χ4v) is 3.54. The van der Waals surface area contributed by atoms with Gasteiger partial charge < -0.3 is 5.11 Å². The van der Waals surface area contributed by atoms with Crippen molar-refractivity contribution in [1.29, 1.82) is 0 Å². The molecule has 0 saturated heterocycles. The summed E-state index contributed by atoms with van der Waals surface area (Å²) in [6.07, 6.45) is 12.8. The minimum atomic E-state index is -0.784. The maximum atomic E-state index is 11.5. The van der Waals surface area contributed by atoms with E-state index in [1.54, 1.807) is 0 Å². The zero-order chi connectivity index (χ0) is 15.0. The van der Waals surface area contributed by atoms with Crippen LogP contribution in [-0.4, -0.2) is 11.1 Å². The summed E-state index contributed by atoms with van der Waals surface area (Å²) in [5.41, 5.74) is 0.341. The van der Waals surface area contributed by atoms with E-state index in [-0.39, 0.29) is 5.41 Å². The summed E-state index contributed by atoms with van der Waals surface area (Å²) in [6, 6.07) is 0. The molecule has 1 aliphatic carbocycles. The van der Waals surface area contributed by atoms with E-state index in [0.29, 0.717) is 11.5 Å². The number of carboxylic acids is 1. The van der Waals surface area contributed by atoms with Gasteiger partial charge >= 0.3 is 5.97 Å². The van der Waals surface area contributed by atoms with Gasteiger partial charge in [0.2, 0.25) is 0 Å². The molecule has 20 heavy (non-hydrogen) atoms. The van der Waals surface area contributed by atoms with Crippen molar-refractivity contribution in [3.63, 3.8) is 0 Å². The van der Waals surface area contributed by atoms with E-state index in [2.05, 4.69) is 20.4 Å². The predicted octanol–water partition coefficient (Wildman–Crippen LogP) is 5.57. The Hall–Kier alpha value is -0.790. The van der Waals surface area contributed by atoms with Gasteiger partial charge in [0.25, 0.3) is 0 Å². The first-order chi connectivity index (χ1) is 9.48. The first-order valence-electron chi connectivity index (χ1n) is 8.40. The zero-order valence-electron chi connectivity index (χ0n) is 13.4. The number of carboxylic acid groups (broad SMARTS) is 1. The van der Waals surface area contributed by atoms with Crippen LogP contribution in [0.3, 0.4) is 0 Å². The number of aliphatic carboxylic acids is 1. The van der Waals surface area contributed by atoms with Gasteiger partial charge in [0.1, 0.15) is 0 Å². The van der Waals surface area contributed by atoms with Crippen LogP contribution in [0.4, 0.5) is 0 Å². The topological polar surface area (TPSA) is 37.3 Å². The molecule has 0 heterocycles. The lowest BCUT2D eigenvalue weighted by molar-refractivity contribution is -0.134. The fourth-order valence-electron chi connectivity index (χ4n) is 3.54. The van der Waals surface area contributed by atoms with Crippen molar-refractivity contribution in [2.45, 2.75) is 84.5 Å². The maximum absolute atomic E-state index is 11.5. The van der Waals surface area contributed by atoms with Crippen molar-refractivity contribution < 1.29 is 9.90 Å². The third-order valence-electron chi connectivity index (χ3n) is 4.90. The predicted molar refractivity (Wildman–Crippen MR) is 84.8 cm³/mol. The summed E-state index contributed by atoms with van der Waals surface area (Å²) in [6.45, 7) is 8.43. The summed E-state index contributed by atoms with van der Waals surface area (Å²) in [5, 5.41) is 9.44. The normalized spacial score (nSPS) is 19.9. The summed E-state index contributed by atoms with van der Waals surface area (Å²) in [7, 11) is 0. The Morgan fingerprint density at radius 1 is 1.10 bits per heavy atom. The van der Waals surface area contributed by atoms with Gasteiger partial charge in [0, 0.05) is 11.0 Å². The molecule has 1 N–H and O–H groups in total. The van der Waals surface area contributed by atoms with Gasteiger partial charge in [-0.05, 0) is 25.2 Å². The fraction of sp³-hybridized carbons (Fsp3) is 0.833. The molecule has 0 aliphatic heterocycles. The summed E-state index contributed by atoms with van der Waals surface area (Å²) in [4.78, 5) is 11.5. The van der Waals surface area contributed by atoms with E-state index < -0.39 is 5.97 Å². The van der Waals surface area contributed by atoms with Gasteiger partial charge in [-0.15, -0.1) is 0 Å². The molecule has 0 aromatic carbocycles. The molecule has 2 heteroatoms. The maximum Gasteiger partial charge on any atom is 0.331 e. The summed E-state index contributed by atoms with van der Waals surface area (Å²) >= 11 is 0. The number of hydrogen-bond acceptors (Lipinski definition) is 1. The van der Waals surface area contributed by atoms with Gasteiger partial charge in [-0.25, -0.2) is 4.79 Å². The Balaban J connectivity index is 2.78. The molecular formula is C18H32O2. The van der Waals surface area contributed by atoms with Gasteiger partial charge in [0.15, 0.2) is 0 Å². The molecular weight excluding hydrogens is 248 g/mol. The minimum Gasteiger partial charge on any atom is -0.478 e.